The van der Waals surface area contributed by atoms with Gasteiger partial charge in [0, 0.05) is 23.4 Å². The summed E-state index contributed by atoms with van der Waals surface area (Å²) in [7, 11) is 0. The lowest BCUT2D eigenvalue weighted by molar-refractivity contribution is -0.115. The summed E-state index contributed by atoms with van der Waals surface area (Å²) in [6, 6.07) is 7.23. The normalized spacial score (nSPS) is 11.3. The first kappa shape index (κ1) is 13.6. The summed E-state index contributed by atoms with van der Waals surface area (Å²) in [5.74, 6) is 0.804. The van der Waals surface area contributed by atoms with Crippen molar-refractivity contribution in [3.63, 3.8) is 0 Å². The molecule has 0 aromatic heterocycles. The molecule has 0 saturated carbocycles. The Bertz CT molecular complexity index is 419. The van der Waals surface area contributed by atoms with Gasteiger partial charge in [0.05, 0.1) is 5.71 Å². The van der Waals surface area contributed by atoms with Gasteiger partial charge in [-0.05, 0) is 25.3 Å². The molecule has 1 aromatic carbocycles. The zero-order chi connectivity index (χ0) is 12.7. The number of thioether (sulfide) groups is 1. The molecule has 92 valence electrons. The van der Waals surface area contributed by atoms with Crippen LogP contribution >= 0.6 is 11.8 Å². The number of benzene rings is 1. The predicted molar refractivity (Wildman–Crippen MR) is 72.1 cm³/mol. The number of rotatable bonds is 5. The van der Waals surface area contributed by atoms with Crippen molar-refractivity contribution in [1.29, 1.82) is 0 Å². The van der Waals surface area contributed by atoms with E-state index in [4.69, 9.17) is 5.21 Å². The number of anilines is 1. The average molecular weight is 252 g/mol. The summed E-state index contributed by atoms with van der Waals surface area (Å²) in [6.07, 6.45) is 2.47. The van der Waals surface area contributed by atoms with Gasteiger partial charge in [-0.25, -0.2) is 0 Å². The molecule has 5 heteroatoms. The molecule has 1 amide bonds. The van der Waals surface area contributed by atoms with E-state index in [-0.39, 0.29) is 5.91 Å². The number of carbonyl (C=O) groups excluding carboxylic acids is 1. The third-order valence-electron chi connectivity index (χ3n) is 2.25. The molecule has 1 rings (SSSR count). The molecule has 1 aromatic rings. The quantitative estimate of drug-likeness (QED) is 0.481. The molecule has 0 aliphatic rings. The van der Waals surface area contributed by atoms with Gasteiger partial charge in [0.2, 0.25) is 5.91 Å². The van der Waals surface area contributed by atoms with Crippen LogP contribution in [0.2, 0.25) is 0 Å². The van der Waals surface area contributed by atoms with E-state index >= 15 is 0 Å². The van der Waals surface area contributed by atoms with E-state index in [0.29, 0.717) is 12.1 Å². The second-order valence-electron chi connectivity index (χ2n) is 3.56. The summed E-state index contributed by atoms with van der Waals surface area (Å²) in [6.45, 7) is 1.70. The van der Waals surface area contributed by atoms with Gasteiger partial charge < -0.3 is 10.5 Å². The Morgan fingerprint density at radius 3 is 2.94 bits per heavy atom. The van der Waals surface area contributed by atoms with Crippen LogP contribution < -0.4 is 5.32 Å². The third kappa shape index (κ3) is 4.48. The fourth-order valence-corrected chi connectivity index (χ4v) is 1.69. The lowest BCUT2D eigenvalue weighted by Gasteiger charge is -2.06. The van der Waals surface area contributed by atoms with Crippen molar-refractivity contribution in [1.82, 2.24) is 0 Å². The van der Waals surface area contributed by atoms with E-state index in [0.717, 1.165) is 17.0 Å². The van der Waals surface area contributed by atoms with Gasteiger partial charge in [0.15, 0.2) is 0 Å². The van der Waals surface area contributed by atoms with Crippen molar-refractivity contribution in [2.45, 2.75) is 13.3 Å². The molecule has 0 unspecified atom stereocenters. The van der Waals surface area contributed by atoms with Crippen LogP contribution in [0.3, 0.4) is 0 Å². The van der Waals surface area contributed by atoms with Crippen molar-refractivity contribution in [3.05, 3.63) is 29.8 Å². The minimum atomic E-state index is -0.00455. The molecule has 17 heavy (non-hydrogen) atoms. The lowest BCUT2D eigenvalue weighted by atomic mass is 10.1. The molecule has 2 N–H and O–H groups in total. The smallest absolute Gasteiger partial charge is 0.225 e. The van der Waals surface area contributed by atoms with Crippen LogP contribution in [0.25, 0.3) is 0 Å². The van der Waals surface area contributed by atoms with E-state index in [1.54, 1.807) is 24.8 Å². The predicted octanol–water partition coefficient (Wildman–Crippen LogP) is 2.58. The molecule has 0 bridgehead atoms. The van der Waals surface area contributed by atoms with E-state index < -0.39 is 0 Å². The molecule has 0 spiro atoms. The zero-order valence-corrected chi connectivity index (χ0v) is 10.8. The highest BCUT2D eigenvalue weighted by Gasteiger charge is 2.03. The topological polar surface area (TPSA) is 61.7 Å². The Morgan fingerprint density at radius 2 is 2.29 bits per heavy atom. The fourth-order valence-electron chi connectivity index (χ4n) is 1.30. The van der Waals surface area contributed by atoms with Crippen LogP contribution in [0.4, 0.5) is 5.69 Å². The maximum Gasteiger partial charge on any atom is 0.225 e. The first-order valence-electron chi connectivity index (χ1n) is 5.25. The minimum absolute atomic E-state index is 0.00455. The number of nitrogens with one attached hydrogen (secondary N) is 1. The Balaban J connectivity index is 2.69. The van der Waals surface area contributed by atoms with Gasteiger partial charge >= 0.3 is 0 Å². The Morgan fingerprint density at radius 1 is 1.53 bits per heavy atom. The van der Waals surface area contributed by atoms with Gasteiger partial charge in [0.25, 0.3) is 0 Å². The summed E-state index contributed by atoms with van der Waals surface area (Å²) in [4.78, 5) is 11.5. The molecule has 0 heterocycles. The van der Waals surface area contributed by atoms with Gasteiger partial charge in [-0.1, -0.05) is 17.3 Å². The highest BCUT2D eigenvalue weighted by atomic mass is 32.2. The molecule has 0 atom stereocenters. The van der Waals surface area contributed by atoms with E-state index in [2.05, 4.69) is 10.5 Å². The van der Waals surface area contributed by atoms with Gasteiger partial charge in [0.1, 0.15) is 0 Å². The van der Waals surface area contributed by atoms with Crippen molar-refractivity contribution in [2.75, 3.05) is 17.3 Å². The summed E-state index contributed by atoms with van der Waals surface area (Å²) in [5.41, 5.74) is 2.02. The SMILES string of the molecule is CSCCC(=O)Nc1cccc(C(C)=NO)c1. The molecule has 0 fully saturated rings. The fraction of sp³-hybridized carbons (Fsp3) is 0.333. The highest BCUT2D eigenvalue weighted by Crippen LogP contribution is 2.12. The molecular formula is C12H16N2O2S. The lowest BCUT2D eigenvalue weighted by Crippen LogP contribution is -2.12. The molecule has 0 saturated heterocycles. The molecule has 4 nitrogen and oxygen atoms in total. The number of hydrogen-bond acceptors (Lipinski definition) is 4. The number of amides is 1. The van der Waals surface area contributed by atoms with Crippen LogP contribution in [0, 0.1) is 0 Å². The summed E-state index contributed by atoms with van der Waals surface area (Å²) < 4.78 is 0. The van der Waals surface area contributed by atoms with Crippen LogP contribution in [0.1, 0.15) is 18.9 Å². The summed E-state index contributed by atoms with van der Waals surface area (Å²) in [5, 5.41) is 14.6. The molecule has 0 aliphatic carbocycles. The highest BCUT2D eigenvalue weighted by molar-refractivity contribution is 7.98. The van der Waals surface area contributed by atoms with E-state index in [1.165, 1.54) is 0 Å². The molecule has 0 radical (unpaired) electrons. The maximum absolute atomic E-state index is 11.5. The van der Waals surface area contributed by atoms with Crippen LogP contribution in [-0.4, -0.2) is 28.8 Å². The first-order chi connectivity index (χ1) is 8.17. The summed E-state index contributed by atoms with van der Waals surface area (Å²) >= 11 is 1.64. The molecular weight excluding hydrogens is 236 g/mol. The Hall–Kier alpha value is -1.49. The monoisotopic (exact) mass is 252 g/mol. The first-order valence-corrected chi connectivity index (χ1v) is 6.64. The van der Waals surface area contributed by atoms with Crippen molar-refractivity contribution < 1.29 is 10.0 Å². The minimum Gasteiger partial charge on any atom is -0.411 e. The van der Waals surface area contributed by atoms with Crippen molar-refractivity contribution >= 4 is 29.1 Å². The largest absolute Gasteiger partial charge is 0.411 e. The maximum atomic E-state index is 11.5. The van der Waals surface area contributed by atoms with Crippen LogP contribution in [0.15, 0.2) is 29.4 Å². The second kappa shape index (κ2) is 6.96. The van der Waals surface area contributed by atoms with Gasteiger partial charge in [-0.15, -0.1) is 0 Å². The van der Waals surface area contributed by atoms with Crippen molar-refractivity contribution in [3.8, 4) is 0 Å². The number of nitrogens with zero attached hydrogens (tertiary/aromatic N) is 1. The van der Waals surface area contributed by atoms with E-state index in [9.17, 15) is 4.79 Å². The van der Waals surface area contributed by atoms with Crippen LogP contribution in [-0.2, 0) is 4.79 Å². The zero-order valence-electron chi connectivity index (χ0n) is 9.93. The Kier molecular flexibility index (Phi) is 5.56. The van der Waals surface area contributed by atoms with Gasteiger partial charge in [-0.2, -0.15) is 11.8 Å². The standard InChI is InChI=1S/C12H16N2O2S/c1-9(14-16)10-4-3-5-11(8-10)13-12(15)6-7-17-2/h3-5,8,16H,6-7H2,1-2H3,(H,13,15). The molecule has 0 aliphatic heterocycles. The Labute approximate surface area is 105 Å². The third-order valence-corrected chi connectivity index (χ3v) is 2.86. The van der Waals surface area contributed by atoms with E-state index in [1.807, 2.05) is 24.5 Å². The van der Waals surface area contributed by atoms with Crippen molar-refractivity contribution in [2.24, 2.45) is 5.16 Å². The number of carbonyl (C=O) groups is 1. The number of oxime groups is 1. The van der Waals surface area contributed by atoms with Crippen LogP contribution in [0.5, 0.6) is 0 Å². The number of hydrogen-bond donors (Lipinski definition) is 2. The second-order valence-corrected chi connectivity index (χ2v) is 4.54. The average Bonchev–Trinajstić information content (AvgIpc) is 2.35. The van der Waals surface area contributed by atoms with Gasteiger partial charge in [-0.3, -0.25) is 4.79 Å².